The Bertz CT molecular complexity index is 592. The van der Waals surface area contributed by atoms with Crippen LogP contribution in [0.5, 0.6) is 0 Å². The van der Waals surface area contributed by atoms with Gasteiger partial charge in [-0.1, -0.05) is 13.8 Å². The predicted octanol–water partition coefficient (Wildman–Crippen LogP) is 3.92. The molecule has 6 atom stereocenters. The zero-order chi connectivity index (χ0) is 16.4. The maximum atomic E-state index is 12.8. The molecule has 3 fully saturated rings. The van der Waals surface area contributed by atoms with E-state index in [2.05, 4.69) is 13.8 Å². The third kappa shape index (κ3) is 1.88. The zero-order valence-electron chi connectivity index (χ0n) is 14.6. The van der Waals surface area contributed by atoms with Gasteiger partial charge in [-0.2, -0.15) is 0 Å². The fourth-order valence-corrected chi connectivity index (χ4v) is 6.72. The van der Waals surface area contributed by atoms with Gasteiger partial charge in [-0.25, -0.2) is 0 Å². The van der Waals surface area contributed by atoms with Crippen molar-refractivity contribution in [2.24, 2.45) is 34.5 Å². The molecule has 0 amide bonds. The smallest absolute Gasteiger partial charge is 0.200 e. The second kappa shape index (κ2) is 4.94. The lowest BCUT2D eigenvalue weighted by Crippen LogP contribution is -2.54. The minimum Gasteiger partial charge on any atom is -0.493 e. The first kappa shape index (κ1) is 15.4. The Morgan fingerprint density at radius 1 is 1.09 bits per heavy atom. The average Bonchev–Trinajstić information content (AvgIpc) is 2.83. The summed E-state index contributed by atoms with van der Waals surface area (Å²) in [5, 5.41) is 0. The lowest BCUT2D eigenvalue weighted by molar-refractivity contribution is -0.146. The summed E-state index contributed by atoms with van der Waals surface area (Å²) in [5.41, 5.74) is -0.00837. The highest BCUT2D eigenvalue weighted by Crippen LogP contribution is 2.64. The van der Waals surface area contributed by atoms with Crippen molar-refractivity contribution in [1.82, 2.24) is 0 Å². The number of ketones is 2. The van der Waals surface area contributed by atoms with Crippen molar-refractivity contribution < 1.29 is 14.3 Å². The molecule has 0 N–H and O–H groups in total. The number of fused-ring (bicyclic) bond motifs is 5. The maximum absolute atomic E-state index is 12.8. The van der Waals surface area contributed by atoms with E-state index in [-0.39, 0.29) is 22.5 Å². The van der Waals surface area contributed by atoms with Crippen LogP contribution in [0.1, 0.15) is 58.8 Å². The molecule has 0 saturated heterocycles. The van der Waals surface area contributed by atoms with E-state index in [0.717, 1.165) is 44.9 Å². The van der Waals surface area contributed by atoms with Gasteiger partial charge in [0.1, 0.15) is 5.78 Å². The monoisotopic (exact) mass is 316 g/mol. The van der Waals surface area contributed by atoms with Crippen LogP contribution in [0.2, 0.25) is 0 Å². The van der Waals surface area contributed by atoms with E-state index >= 15 is 0 Å². The molecule has 0 aromatic carbocycles. The van der Waals surface area contributed by atoms with Crippen LogP contribution in [0.15, 0.2) is 11.8 Å². The highest BCUT2D eigenvalue weighted by atomic mass is 16.5. The van der Waals surface area contributed by atoms with Gasteiger partial charge in [-0.3, -0.25) is 9.59 Å². The first-order chi connectivity index (χ1) is 10.9. The van der Waals surface area contributed by atoms with Crippen molar-refractivity contribution in [3.8, 4) is 0 Å². The molecule has 4 aliphatic rings. The van der Waals surface area contributed by atoms with Crippen LogP contribution in [-0.2, 0) is 14.3 Å². The summed E-state index contributed by atoms with van der Waals surface area (Å²) >= 11 is 0. The molecule has 23 heavy (non-hydrogen) atoms. The molecule has 0 unspecified atom stereocenters. The summed E-state index contributed by atoms with van der Waals surface area (Å²) in [5.74, 6) is 3.17. The van der Waals surface area contributed by atoms with Crippen LogP contribution >= 0.6 is 0 Å². The van der Waals surface area contributed by atoms with Crippen LogP contribution in [0, 0.1) is 34.5 Å². The number of Topliss-reactive ketones (excluding diaryl/α,β-unsaturated/α-hetero) is 2. The Morgan fingerprint density at radius 2 is 1.87 bits per heavy atom. The van der Waals surface area contributed by atoms with Gasteiger partial charge < -0.3 is 4.74 Å². The van der Waals surface area contributed by atoms with E-state index in [0.29, 0.717) is 29.3 Å². The number of methoxy groups -OCH3 is 1. The zero-order valence-corrected chi connectivity index (χ0v) is 14.6. The number of carbonyl (C=O) groups excluding carboxylic acids is 2. The van der Waals surface area contributed by atoms with Crippen LogP contribution in [-0.4, -0.2) is 18.7 Å². The number of carbonyl (C=O) groups is 2. The Hall–Kier alpha value is -1.12. The number of ether oxygens (including phenoxy) is 1. The van der Waals surface area contributed by atoms with E-state index in [9.17, 15) is 9.59 Å². The molecule has 0 aliphatic heterocycles. The second-order valence-electron chi connectivity index (χ2n) is 8.77. The molecule has 0 aromatic heterocycles. The summed E-state index contributed by atoms with van der Waals surface area (Å²) in [6, 6.07) is 0. The van der Waals surface area contributed by atoms with Crippen LogP contribution in [0.4, 0.5) is 0 Å². The van der Waals surface area contributed by atoms with Gasteiger partial charge in [-0.05, 0) is 67.8 Å². The van der Waals surface area contributed by atoms with Crippen molar-refractivity contribution in [3.63, 3.8) is 0 Å². The normalized spacial score (nSPS) is 49.1. The fourth-order valence-electron chi connectivity index (χ4n) is 6.72. The number of allylic oxidation sites excluding steroid dienone is 2. The van der Waals surface area contributed by atoms with Gasteiger partial charge in [-0.15, -0.1) is 0 Å². The van der Waals surface area contributed by atoms with E-state index in [4.69, 9.17) is 4.74 Å². The lowest BCUT2D eigenvalue weighted by atomic mass is 9.46. The third-order valence-corrected chi connectivity index (χ3v) is 8.08. The van der Waals surface area contributed by atoms with Gasteiger partial charge in [0.25, 0.3) is 0 Å². The van der Waals surface area contributed by atoms with Gasteiger partial charge in [0.15, 0.2) is 5.76 Å². The molecule has 3 heteroatoms. The van der Waals surface area contributed by atoms with E-state index in [1.807, 2.05) is 6.08 Å². The largest absolute Gasteiger partial charge is 0.493 e. The van der Waals surface area contributed by atoms with E-state index < -0.39 is 0 Å². The molecule has 0 heterocycles. The molecule has 3 nitrogen and oxygen atoms in total. The molecule has 4 aliphatic carbocycles. The van der Waals surface area contributed by atoms with Gasteiger partial charge in [0, 0.05) is 17.8 Å². The van der Waals surface area contributed by atoms with Crippen molar-refractivity contribution in [1.29, 1.82) is 0 Å². The Kier molecular flexibility index (Phi) is 3.31. The van der Waals surface area contributed by atoms with Gasteiger partial charge in [0.05, 0.1) is 7.11 Å². The number of hydrogen-bond acceptors (Lipinski definition) is 3. The molecule has 0 bridgehead atoms. The highest BCUT2D eigenvalue weighted by Gasteiger charge is 2.61. The van der Waals surface area contributed by atoms with Crippen molar-refractivity contribution in [2.45, 2.75) is 58.8 Å². The van der Waals surface area contributed by atoms with E-state index in [1.54, 1.807) is 7.11 Å². The molecule has 0 spiro atoms. The minimum absolute atomic E-state index is 0.0645. The minimum atomic E-state index is -0.0728. The fraction of sp³-hybridized carbons (Fsp3) is 0.800. The van der Waals surface area contributed by atoms with Crippen molar-refractivity contribution in [3.05, 3.63) is 11.8 Å². The average molecular weight is 316 g/mol. The van der Waals surface area contributed by atoms with E-state index in [1.165, 1.54) is 0 Å². The topological polar surface area (TPSA) is 43.4 Å². The lowest BCUT2D eigenvalue weighted by Gasteiger charge is -2.58. The SMILES string of the molecule is COC1=CC[C@@]2(C)[C@@H](CC[C@@H]3[C@@H]2CC[C@]2(C)C(=O)CC[C@@H]32)C1=O. The molecular weight excluding hydrogens is 288 g/mol. The van der Waals surface area contributed by atoms with Crippen LogP contribution in [0.3, 0.4) is 0 Å². The predicted molar refractivity (Wildman–Crippen MR) is 87.6 cm³/mol. The van der Waals surface area contributed by atoms with Crippen molar-refractivity contribution >= 4 is 11.6 Å². The molecule has 0 aromatic rings. The Labute approximate surface area is 138 Å². The van der Waals surface area contributed by atoms with Gasteiger partial charge >= 0.3 is 0 Å². The summed E-state index contributed by atoms with van der Waals surface area (Å²) < 4.78 is 5.30. The Morgan fingerprint density at radius 3 is 2.61 bits per heavy atom. The first-order valence-corrected chi connectivity index (χ1v) is 9.23. The summed E-state index contributed by atoms with van der Waals surface area (Å²) in [6.45, 7) is 4.54. The standard InChI is InChI=1S/C20H28O3/c1-19-11-9-16(23-3)18(22)15(19)5-4-12-13-6-7-17(21)20(13,2)10-8-14(12)19/h9,12-15H,4-8,10-11H2,1-3H3/t12-,13-,14-,15-,19+,20-/m0/s1. The first-order valence-electron chi connectivity index (χ1n) is 9.23. The van der Waals surface area contributed by atoms with Crippen molar-refractivity contribution in [2.75, 3.05) is 7.11 Å². The summed E-state index contributed by atoms with van der Waals surface area (Å²) in [7, 11) is 1.61. The maximum Gasteiger partial charge on any atom is 0.200 e. The number of hydrogen-bond donors (Lipinski definition) is 0. The number of rotatable bonds is 1. The third-order valence-electron chi connectivity index (χ3n) is 8.08. The Balaban J connectivity index is 1.68. The molecule has 0 radical (unpaired) electrons. The van der Waals surface area contributed by atoms with Gasteiger partial charge in [0.2, 0.25) is 5.78 Å². The molecule has 3 saturated carbocycles. The molecular formula is C20H28O3. The second-order valence-corrected chi connectivity index (χ2v) is 8.77. The molecule has 126 valence electrons. The quantitative estimate of drug-likeness (QED) is 0.736. The van der Waals surface area contributed by atoms with Crippen LogP contribution < -0.4 is 0 Å². The summed E-state index contributed by atoms with van der Waals surface area (Å²) in [6.07, 6.45) is 9.04. The highest BCUT2D eigenvalue weighted by molar-refractivity contribution is 5.97. The van der Waals surface area contributed by atoms with Crippen LogP contribution in [0.25, 0.3) is 0 Å². The molecule has 4 rings (SSSR count). The summed E-state index contributed by atoms with van der Waals surface area (Å²) in [4.78, 5) is 25.2.